The number of rotatable bonds is 13. The second-order valence-corrected chi connectivity index (χ2v) is 11.7. The average Bonchev–Trinajstić information content (AvgIpc) is 2.89. The number of hydrogen-bond acceptors (Lipinski definition) is 4. The first kappa shape index (κ1) is 30.9. The van der Waals surface area contributed by atoms with E-state index in [2.05, 4.69) is 6.92 Å². The van der Waals surface area contributed by atoms with E-state index in [1.807, 2.05) is 30.3 Å². The minimum Gasteiger partial charge on any atom is -0.481 e. The van der Waals surface area contributed by atoms with Crippen LogP contribution in [0.3, 0.4) is 0 Å². The second-order valence-electron chi connectivity index (χ2n) is 11.7. The molecule has 0 saturated heterocycles. The summed E-state index contributed by atoms with van der Waals surface area (Å²) in [6.45, 7) is 4.81. The smallest absolute Gasteiger partial charge is 0.314 e. The largest absolute Gasteiger partial charge is 0.481 e. The molecule has 0 bridgehead atoms. The maximum Gasteiger partial charge on any atom is 0.314 e. The van der Waals surface area contributed by atoms with Crippen LogP contribution < -0.4 is 0 Å². The molecule has 1 aliphatic rings. The third-order valence-corrected chi connectivity index (χ3v) is 8.76. The summed E-state index contributed by atoms with van der Waals surface area (Å²) < 4.78 is 0. The fourth-order valence-electron chi connectivity index (χ4n) is 6.29. The molecule has 2 aromatic carbocycles. The minimum atomic E-state index is -1.86. The fourth-order valence-corrected chi connectivity index (χ4v) is 6.29. The highest BCUT2D eigenvalue weighted by Crippen LogP contribution is 2.45. The quantitative estimate of drug-likeness (QED) is 0.234. The van der Waals surface area contributed by atoms with E-state index in [1.54, 1.807) is 12.1 Å². The summed E-state index contributed by atoms with van der Waals surface area (Å²) in [7, 11) is 0. The summed E-state index contributed by atoms with van der Waals surface area (Å²) in [5.41, 5.74) is -1.76. The van der Waals surface area contributed by atoms with Gasteiger partial charge in [0, 0.05) is 5.92 Å². The van der Waals surface area contributed by atoms with Gasteiger partial charge in [0.05, 0.1) is 12.8 Å². The van der Waals surface area contributed by atoms with Crippen LogP contribution in [0.15, 0.2) is 48.5 Å². The molecule has 3 atom stereocenters. The van der Waals surface area contributed by atoms with Crippen LogP contribution in [0, 0.1) is 11.8 Å². The van der Waals surface area contributed by atoms with Crippen molar-refractivity contribution in [2.24, 2.45) is 11.8 Å². The van der Waals surface area contributed by atoms with Gasteiger partial charge in [0.25, 0.3) is 0 Å². The van der Waals surface area contributed by atoms with Crippen LogP contribution in [0.5, 0.6) is 0 Å². The maximum atomic E-state index is 12.5. The Morgan fingerprint density at radius 2 is 1.23 bits per heavy atom. The summed E-state index contributed by atoms with van der Waals surface area (Å²) in [6.07, 6.45) is 4.87. The molecular formula is C32H40O8. The molecule has 2 aromatic rings. The van der Waals surface area contributed by atoms with Gasteiger partial charge < -0.3 is 20.4 Å². The van der Waals surface area contributed by atoms with Gasteiger partial charge in [-0.05, 0) is 60.8 Å². The Labute approximate surface area is 235 Å². The molecule has 4 N–H and O–H groups in total. The predicted octanol–water partition coefficient (Wildman–Crippen LogP) is 6.06. The Hall–Kier alpha value is -3.68. The van der Waals surface area contributed by atoms with Crippen LogP contribution in [0.1, 0.15) is 100 Å². The maximum absolute atomic E-state index is 12.5. The van der Waals surface area contributed by atoms with Crippen molar-refractivity contribution in [3.63, 3.8) is 0 Å². The van der Waals surface area contributed by atoms with Gasteiger partial charge in [0.2, 0.25) is 0 Å². The normalized spacial score (nSPS) is 21.0. The van der Waals surface area contributed by atoms with E-state index in [-0.39, 0.29) is 23.0 Å². The molecule has 216 valence electrons. The predicted molar refractivity (Wildman–Crippen MR) is 150 cm³/mol. The molecule has 0 aliphatic heterocycles. The van der Waals surface area contributed by atoms with Gasteiger partial charge in [-0.25, -0.2) is 0 Å². The third kappa shape index (κ3) is 6.72. The van der Waals surface area contributed by atoms with Crippen molar-refractivity contribution in [3.8, 4) is 0 Å². The number of carboxylic acids is 4. The lowest BCUT2D eigenvalue weighted by molar-refractivity contribution is -0.150. The van der Waals surface area contributed by atoms with Gasteiger partial charge in [0.1, 0.15) is 10.8 Å². The van der Waals surface area contributed by atoms with Crippen LogP contribution in [0.4, 0.5) is 0 Å². The number of hydrogen-bond donors (Lipinski definition) is 4. The fraction of sp³-hybridized carbons (Fsp3) is 0.500. The first-order valence-electron chi connectivity index (χ1n) is 13.9. The van der Waals surface area contributed by atoms with Gasteiger partial charge in [-0.15, -0.1) is 0 Å². The number of aliphatic carboxylic acids is 4. The zero-order valence-electron chi connectivity index (χ0n) is 23.4. The molecule has 8 heteroatoms. The standard InChI is InChI=1S/C32H40O8/c1-4-8-20-11-13-22(14-12-20)28(21-9-6-5-7-10-21)23-15-24(31(2,29(37)38)18-26(33)34)17-25(16-23)32(3,30(39)40)19-27(35)36/h5-7,9-10,15-17,20,22,28H,4,8,11-14,18-19H2,1-3H3,(H,33,34)(H,35,36)(H,37,38)(H,39,40). The highest BCUT2D eigenvalue weighted by molar-refractivity contribution is 5.89. The van der Waals surface area contributed by atoms with E-state index in [4.69, 9.17) is 0 Å². The lowest BCUT2D eigenvalue weighted by Gasteiger charge is -2.36. The van der Waals surface area contributed by atoms with Gasteiger partial charge in [-0.1, -0.05) is 81.1 Å². The molecule has 1 fully saturated rings. The SMILES string of the molecule is CCCC1CCC(C(c2ccccc2)c2cc(C(C)(CC(=O)O)C(=O)O)cc(C(C)(CC(=O)O)C(=O)O)c2)CC1. The zero-order chi connectivity index (χ0) is 29.7. The molecule has 3 unspecified atom stereocenters. The number of carbonyl (C=O) groups is 4. The van der Waals surface area contributed by atoms with Crippen molar-refractivity contribution < 1.29 is 39.6 Å². The van der Waals surface area contributed by atoms with E-state index in [0.29, 0.717) is 11.5 Å². The van der Waals surface area contributed by atoms with Crippen molar-refractivity contribution in [1.29, 1.82) is 0 Å². The van der Waals surface area contributed by atoms with E-state index in [1.165, 1.54) is 26.3 Å². The molecule has 1 saturated carbocycles. The lowest BCUT2D eigenvalue weighted by atomic mass is 9.67. The average molecular weight is 553 g/mol. The first-order chi connectivity index (χ1) is 18.8. The molecule has 1 aliphatic carbocycles. The Balaban J connectivity index is 2.29. The van der Waals surface area contributed by atoms with Crippen molar-refractivity contribution in [2.45, 2.75) is 88.9 Å². The molecule has 0 aromatic heterocycles. The highest BCUT2D eigenvalue weighted by Gasteiger charge is 2.43. The van der Waals surface area contributed by atoms with Crippen LogP contribution in [-0.2, 0) is 30.0 Å². The molecule has 0 spiro atoms. The van der Waals surface area contributed by atoms with Crippen molar-refractivity contribution in [2.75, 3.05) is 0 Å². The minimum absolute atomic E-state index is 0.147. The summed E-state index contributed by atoms with van der Waals surface area (Å²) in [5, 5.41) is 39.5. The van der Waals surface area contributed by atoms with Crippen molar-refractivity contribution >= 4 is 23.9 Å². The molecule has 40 heavy (non-hydrogen) atoms. The van der Waals surface area contributed by atoms with Crippen LogP contribution in [0.25, 0.3) is 0 Å². The van der Waals surface area contributed by atoms with Gasteiger partial charge in [-0.2, -0.15) is 0 Å². The highest BCUT2D eigenvalue weighted by atomic mass is 16.4. The second kappa shape index (κ2) is 12.7. The topological polar surface area (TPSA) is 149 Å². The molecule has 3 rings (SSSR count). The Morgan fingerprint density at radius 1 is 0.750 bits per heavy atom. The van der Waals surface area contributed by atoms with Crippen LogP contribution in [-0.4, -0.2) is 44.3 Å². The molecular weight excluding hydrogens is 512 g/mol. The summed E-state index contributed by atoms with van der Waals surface area (Å²) in [5.74, 6) is -4.68. The van der Waals surface area contributed by atoms with Gasteiger partial charge in [-0.3, -0.25) is 19.2 Å². The number of carboxylic acid groups (broad SMARTS) is 4. The Morgan fingerprint density at radius 3 is 1.62 bits per heavy atom. The Bertz CT molecular complexity index is 1170. The van der Waals surface area contributed by atoms with Crippen molar-refractivity contribution in [3.05, 3.63) is 70.8 Å². The number of benzene rings is 2. The molecule has 8 nitrogen and oxygen atoms in total. The van der Waals surface area contributed by atoms with E-state index >= 15 is 0 Å². The van der Waals surface area contributed by atoms with Crippen LogP contribution >= 0.6 is 0 Å². The van der Waals surface area contributed by atoms with E-state index in [0.717, 1.165) is 37.7 Å². The lowest BCUT2D eigenvalue weighted by Crippen LogP contribution is -2.38. The summed E-state index contributed by atoms with van der Waals surface area (Å²) >= 11 is 0. The molecule has 0 amide bonds. The zero-order valence-corrected chi connectivity index (χ0v) is 23.4. The molecule has 0 heterocycles. The van der Waals surface area contributed by atoms with Crippen molar-refractivity contribution in [1.82, 2.24) is 0 Å². The molecule has 0 radical (unpaired) electrons. The van der Waals surface area contributed by atoms with Gasteiger partial charge in [0.15, 0.2) is 0 Å². The third-order valence-electron chi connectivity index (χ3n) is 8.76. The summed E-state index contributed by atoms with van der Waals surface area (Å²) in [6, 6.07) is 14.5. The Kier molecular flexibility index (Phi) is 9.77. The summed E-state index contributed by atoms with van der Waals surface area (Å²) in [4.78, 5) is 48.5. The monoisotopic (exact) mass is 552 g/mol. The van der Waals surface area contributed by atoms with E-state index in [9.17, 15) is 39.6 Å². The van der Waals surface area contributed by atoms with E-state index < -0.39 is 47.5 Å². The van der Waals surface area contributed by atoms with Crippen LogP contribution in [0.2, 0.25) is 0 Å². The first-order valence-corrected chi connectivity index (χ1v) is 13.9. The van der Waals surface area contributed by atoms with Gasteiger partial charge >= 0.3 is 23.9 Å².